The van der Waals surface area contributed by atoms with Gasteiger partial charge in [-0.25, -0.2) is 0 Å². The quantitative estimate of drug-likeness (QED) is 0.526. The summed E-state index contributed by atoms with van der Waals surface area (Å²) in [6.07, 6.45) is -1.93. The molecule has 3 atom stereocenters. The van der Waals surface area contributed by atoms with Crippen LogP contribution in [0.4, 0.5) is 0 Å². The monoisotopic (exact) mass is 207 g/mol. The number of ether oxygens (including phenoxy) is 2. The molecule has 0 bridgehead atoms. The molecule has 3 unspecified atom stereocenters. The molecular formula is C9H19O5. The van der Waals surface area contributed by atoms with Crippen molar-refractivity contribution in [3.63, 3.8) is 0 Å². The number of hydrogen-bond acceptors (Lipinski definition) is 5. The van der Waals surface area contributed by atoms with E-state index < -0.39 is 18.7 Å². The SMILES string of the molecule is CCC(OC(C)O)[C](O)COC(C)O. The van der Waals surface area contributed by atoms with Crippen molar-refractivity contribution < 1.29 is 24.8 Å². The maximum atomic E-state index is 9.45. The molecule has 0 aromatic carbocycles. The Balaban J connectivity index is 3.84. The summed E-state index contributed by atoms with van der Waals surface area (Å²) >= 11 is 0. The van der Waals surface area contributed by atoms with Gasteiger partial charge in [-0.3, -0.25) is 0 Å². The third kappa shape index (κ3) is 6.28. The fourth-order valence-electron chi connectivity index (χ4n) is 0.947. The van der Waals surface area contributed by atoms with Crippen molar-refractivity contribution >= 4 is 0 Å². The minimum Gasteiger partial charge on any atom is -0.381 e. The molecule has 3 N–H and O–H groups in total. The van der Waals surface area contributed by atoms with Gasteiger partial charge in [-0.05, 0) is 20.3 Å². The number of hydrogen-bond donors (Lipinski definition) is 3. The third-order valence-electron chi connectivity index (χ3n) is 1.58. The molecule has 0 aliphatic heterocycles. The number of rotatable bonds is 7. The Morgan fingerprint density at radius 3 is 2.14 bits per heavy atom. The van der Waals surface area contributed by atoms with Gasteiger partial charge in [-0.2, -0.15) is 0 Å². The Labute approximate surface area is 84.3 Å². The van der Waals surface area contributed by atoms with Crippen molar-refractivity contribution in [1.82, 2.24) is 0 Å². The van der Waals surface area contributed by atoms with E-state index in [4.69, 9.17) is 19.7 Å². The lowest BCUT2D eigenvalue weighted by Crippen LogP contribution is -2.29. The van der Waals surface area contributed by atoms with E-state index in [-0.39, 0.29) is 12.7 Å². The maximum absolute atomic E-state index is 9.45. The molecule has 0 spiro atoms. The van der Waals surface area contributed by atoms with Crippen molar-refractivity contribution in [2.75, 3.05) is 6.61 Å². The summed E-state index contributed by atoms with van der Waals surface area (Å²) in [5.74, 6) is 0. The van der Waals surface area contributed by atoms with E-state index in [2.05, 4.69) is 0 Å². The van der Waals surface area contributed by atoms with Gasteiger partial charge in [-0.15, -0.1) is 0 Å². The van der Waals surface area contributed by atoms with Crippen molar-refractivity contribution in [3.05, 3.63) is 6.10 Å². The molecular weight excluding hydrogens is 188 g/mol. The maximum Gasteiger partial charge on any atom is 0.152 e. The summed E-state index contributed by atoms with van der Waals surface area (Å²) in [6, 6.07) is 0. The van der Waals surface area contributed by atoms with Gasteiger partial charge >= 0.3 is 0 Å². The molecule has 0 saturated carbocycles. The highest BCUT2D eigenvalue weighted by Crippen LogP contribution is 2.13. The summed E-state index contributed by atoms with van der Waals surface area (Å²) in [6.45, 7) is 4.63. The second kappa shape index (κ2) is 7.14. The Morgan fingerprint density at radius 1 is 1.21 bits per heavy atom. The van der Waals surface area contributed by atoms with Crippen LogP contribution in [0.5, 0.6) is 0 Å². The zero-order chi connectivity index (χ0) is 11.1. The standard InChI is InChI=1S/C9H19O5/c1-4-9(14-7(3)11)8(12)5-13-6(2)10/h6-7,9-12H,4-5H2,1-3H3. The van der Waals surface area contributed by atoms with Crippen LogP contribution >= 0.6 is 0 Å². The van der Waals surface area contributed by atoms with Gasteiger partial charge in [0.15, 0.2) is 12.6 Å². The Hall–Kier alpha value is -0.200. The highest BCUT2D eigenvalue weighted by atomic mass is 16.6. The molecule has 14 heavy (non-hydrogen) atoms. The van der Waals surface area contributed by atoms with Gasteiger partial charge in [0.05, 0.1) is 12.7 Å². The first-order valence-corrected chi connectivity index (χ1v) is 4.65. The minimum atomic E-state index is -0.936. The lowest BCUT2D eigenvalue weighted by molar-refractivity contribution is -0.152. The molecule has 0 rings (SSSR count). The Kier molecular flexibility index (Phi) is 7.04. The Morgan fingerprint density at radius 2 is 1.79 bits per heavy atom. The van der Waals surface area contributed by atoms with Crippen molar-refractivity contribution in [2.45, 2.75) is 45.9 Å². The zero-order valence-corrected chi connectivity index (χ0v) is 8.80. The smallest absolute Gasteiger partial charge is 0.152 e. The van der Waals surface area contributed by atoms with Gasteiger partial charge in [0.25, 0.3) is 0 Å². The lowest BCUT2D eigenvalue weighted by Gasteiger charge is -2.22. The average Bonchev–Trinajstić information content (AvgIpc) is 2.09. The summed E-state index contributed by atoms with van der Waals surface area (Å²) in [4.78, 5) is 0. The number of aliphatic hydroxyl groups is 3. The molecule has 0 aliphatic carbocycles. The van der Waals surface area contributed by atoms with Gasteiger partial charge in [0, 0.05) is 0 Å². The second-order valence-electron chi connectivity index (χ2n) is 3.03. The first-order chi connectivity index (χ1) is 6.47. The Bertz CT molecular complexity index is 137. The van der Waals surface area contributed by atoms with Crippen LogP contribution in [0.15, 0.2) is 0 Å². The predicted octanol–water partition coefficient (Wildman–Crippen LogP) is 0.379. The van der Waals surface area contributed by atoms with E-state index in [1.807, 2.05) is 6.92 Å². The van der Waals surface area contributed by atoms with E-state index in [9.17, 15) is 5.11 Å². The highest BCUT2D eigenvalue weighted by Gasteiger charge is 2.21. The summed E-state index contributed by atoms with van der Waals surface area (Å²) in [5, 5.41) is 27.2. The van der Waals surface area contributed by atoms with Crippen molar-refractivity contribution in [3.8, 4) is 0 Å². The normalized spacial score (nSPS) is 18.2. The fourth-order valence-corrected chi connectivity index (χ4v) is 0.947. The van der Waals surface area contributed by atoms with E-state index in [1.165, 1.54) is 13.8 Å². The highest BCUT2D eigenvalue weighted by molar-refractivity contribution is 4.85. The predicted molar refractivity (Wildman–Crippen MR) is 49.7 cm³/mol. The number of aliphatic hydroxyl groups excluding tert-OH is 3. The summed E-state index contributed by atoms with van der Waals surface area (Å²) < 4.78 is 9.78. The van der Waals surface area contributed by atoms with Gasteiger partial charge < -0.3 is 24.8 Å². The first-order valence-electron chi connectivity index (χ1n) is 4.65. The van der Waals surface area contributed by atoms with Crippen LogP contribution in [0.1, 0.15) is 27.2 Å². The topological polar surface area (TPSA) is 79.2 Å². The van der Waals surface area contributed by atoms with Gasteiger partial charge in [-0.1, -0.05) is 6.92 Å². The molecule has 5 heteroatoms. The van der Waals surface area contributed by atoms with Gasteiger partial charge in [0.1, 0.15) is 6.10 Å². The molecule has 0 aliphatic rings. The average molecular weight is 207 g/mol. The van der Waals surface area contributed by atoms with Crippen molar-refractivity contribution in [2.24, 2.45) is 0 Å². The van der Waals surface area contributed by atoms with E-state index in [0.717, 1.165) is 0 Å². The molecule has 0 heterocycles. The molecule has 85 valence electrons. The zero-order valence-electron chi connectivity index (χ0n) is 8.80. The van der Waals surface area contributed by atoms with Crippen LogP contribution in [-0.2, 0) is 9.47 Å². The molecule has 0 aromatic rings. The van der Waals surface area contributed by atoms with Crippen LogP contribution in [-0.4, -0.2) is 40.6 Å². The molecule has 0 aromatic heterocycles. The van der Waals surface area contributed by atoms with E-state index >= 15 is 0 Å². The molecule has 0 amide bonds. The lowest BCUT2D eigenvalue weighted by atomic mass is 10.1. The van der Waals surface area contributed by atoms with Crippen molar-refractivity contribution in [1.29, 1.82) is 0 Å². The fraction of sp³-hybridized carbons (Fsp3) is 0.889. The molecule has 1 radical (unpaired) electrons. The first kappa shape index (κ1) is 13.8. The third-order valence-corrected chi connectivity index (χ3v) is 1.58. The van der Waals surface area contributed by atoms with Gasteiger partial charge in [0.2, 0.25) is 0 Å². The van der Waals surface area contributed by atoms with Crippen LogP contribution in [0, 0.1) is 6.10 Å². The molecule has 0 saturated heterocycles. The van der Waals surface area contributed by atoms with Crippen LogP contribution in [0.25, 0.3) is 0 Å². The van der Waals surface area contributed by atoms with Crippen LogP contribution in [0.3, 0.4) is 0 Å². The van der Waals surface area contributed by atoms with E-state index in [0.29, 0.717) is 6.42 Å². The largest absolute Gasteiger partial charge is 0.381 e. The summed E-state index contributed by atoms with van der Waals surface area (Å²) in [5.41, 5.74) is 0. The van der Waals surface area contributed by atoms with Crippen LogP contribution < -0.4 is 0 Å². The second-order valence-corrected chi connectivity index (χ2v) is 3.03. The molecule has 0 fully saturated rings. The van der Waals surface area contributed by atoms with Crippen LogP contribution in [0.2, 0.25) is 0 Å². The summed E-state index contributed by atoms with van der Waals surface area (Å²) in [7, 11) is 0. The van der Waals surface area contributed by atoms with E-state index in [1.54, 1.807) is 0 Å². The molecule has 5 nitrogen and oxygen atoms in total. The minimum absolute atomic E-state index is 0.0331.